The third-order valence-corrected chi connectivity index (χ3v) is 4.24. The molecular weight excluding hydrogens is 252 g/mol. The molecule has 3 rings (SSSR count). The molecule has 0 saturated heterocycles. The van der Waals surface area contributed by atoms with E-state index in [1.807, 2.05) is 24.3 Å². The van der Waals surface area contributed by atoms with E-state index in [0.29, 0.717) is 5.25 Å². The van der Waals surface area contributed by atoms with E-state index in [9.17, 15) is 0 Å². The van der Waals surface area contributed by atoms with Crippen molar-refractivity contribution in [2.24, 2.45) is 0 Å². The maximum Gasteiger partial charge on any atom is 0.117 e. The van der Waals surface area contributed by atoms with Gasteiger partial charge < -0.3 is 0 Å². The highest BCUT2D eigenvalue weighted by Gasteiger charge is 2.10. The standard InChI is InChI=1S/C16H14N2S/c1-12(13-7-3-2-4-8-13)19-16-14-9-5-6-10-15(14)17-11-18-16/h2-12H,1H3. The molecule has 0 spiro atoms. The molecule has 0 aliphatic heterocycles. The van der Waals surface area contributed by atoms with Gasteiger partial charge in [-0.15, -0.1) is 0 Å². The van der Waals surface area contributed by atoms with E-state index in [0.717, 1.165) is 15.9 Å². The highest BCUT2D eigenvalue weighted by Crippen LogP contribution is 2.36. The van der Waals surface area contributed by atoms with E-state index in [1.165, 1.54) is 5.56 Å². The Morgan fingerprint density at radius 3 is 2.47 bits per heavy atom. The van der Waals surface area contributed by atoms with Crippen molar-refractivity contribution < 1.29 is 0 Å². The van der Waals surface area contributed by atoms with Gasteiger partial charge in [-0.05, 0) is 18.6 Å². The normalized spacial score (nSPS) is 12.5. The predicted molar refractivity (Wildman–Crippen MR) is 80.3 cm³/mol. The molecule has 1 atom stereocenters. The SMILES string of the molecule is CC(Sc1ncnc2ccccc12)c1ccccc1. The average molecular weight is 266 g/mol. The van der Waals surface area contributed by atoms with Gasteiger partial charge in [-0.25, -0.2) is 9.97 Å². The molecule has 1 aromatic heterocycles. The van der Waals surface area contributed by atoms with Crippen LogP contribution in [-0.2, 0) is 0 Å². The Balaban J connectivity index is 1.94. The van der Waals surface area contributed by atoms with Crippen molar-refractivity contribution in [3.8, 4) is 0 Å². The lowest BCUT2D eigenvalue weighted by atomic mass is 10.2. The minimum Gasteiger partial charge on any atom is -0.236 e. The lowest BCUT2D eigenvalue weighted by molar-refractivity contribution is 1.06. The maximum atomic E-state index is 4.42. The summed E-state index contributed by atoms with van der Waals surface area (Å²) in [5.74, 6) is 0. The predicted octanol–water partition coefficient (Wildman–Crippen LogP) is 4.48. The van der Waals surface area contributed by atoms with Crippen LogP contribution in [0, 0.1) is 0 Å². The van der Waals surface area contributed by atoms with Crippen molar-refractivity contribution in [2.75, 3.05) is 0 Å². The summed E-state index contributed by atoms with van der Waals surface area (Å²) in [6, 6.07) is 18.6. The molecule has 0 aliphatic rings. The minimum atomic E-state index is 0.375. The summed E-state index contributed by atoms with van der Waals surface area (Å²) in [4.78, 5) is 8.72. The van der Waals surface area contributed by atoms with Gasteiger partial charge in [0.1, 0.15) is 11.4 Å². The molecule has 2 nitrogen and oxygen atoms in total. The lowest BCUT2D eigenvalue weighted by Crippen LogP contribution is -1.91. The smallest absolute Gasteiger partial charge is 0.117 e. The van der Waals surface area contributed by atoms with Gasteiger partial charge in [0.25, 0.3) is 0 Å². The third kappa shape index (κ3) is 2.61. The zero-order valence-electron chi connectivity index (χ0n) is 10.7. The Morgan fingerprint density at radius 2 is 1.63 bits per heavy atom. The molecule has 0 N–H and O–H groups in total. The summed E-state index contributed by atoms with van der Waals surface area (Å²) in [6.45, 7) is 2.21. The number of aromatic nitrogens is 2. The summed E-state index contributed by atoms with van der Waals surface area (Å²) in [6.07, 6.45) is 1.64. The van der Waals surface area contributed by atoms with Gasteiger partial charge in [-0.2, -0.15) is 0 Å². The van der Waals surface area contributed by atoms with Crippen molar-refractivity contribution in [1.29, 1.82) is 0 Å². The third-order valence-electron chi connectivity index (χ3n) is 3.06. The van der Waals surface area contributed by atoms with Crippen LogP contribution in [0.4, 0.5) is 0 Å². The van der Waals surface area contributed by atoms with Crippen molar-refractivity contribution in [3.05, 3.63) is 66.5 Å². The highest BCUT2D eigenvalue weighted by atomic mass is 32.2. The summed E-state index contributed by atoms with van der Waals surface area (Å²) < 4.78 is 0. The molecule has 19 heavy (non-hydrogen) atoms. The largest absolute Gasteiger partial charge is 0.236 e. The molecule has 3 aromatic rings. The summed E-state index contributed by atoms with van der Waals surface area (Å²) in [5, 5.41) is 2.54. The van der Waals surface area contributed by atoms with Crippen LogP contribution >= 0.6 is 11.8 Å². The zero-order valence-corrected chi connectivity index (χ0v) is 11.5. The van der Waals surface area contributed by atoms with Crippen molar-refractivity contribution in [3.63, 3.8) is 0 Å². The van der Waals surface area contributed by atoms with Crippen LogP contribution in [0.15, 0.2) is 66.0 Å². The second-order valence-corrected chi connectivity index (χ2v) is 5.70. The first-order valence-corrected chi connectivity index (χ1v) is 7.14. The van der Waals surface area contributed by atoms with E-state index in [1.54, 1.807) is 18.1 Å². The fraction of sp³-hybridized carbons (Fsp3) is 0.125. The van der Waals surface area contributed by atoms with Gasteiger partial charge in [0, 0.05) is 10.6 Å². The summed E-state index contributed by atoms with van der Waals surface area (Å²) >= 11 is 1.78. The molecule has 1 heterocycles. The summed E-state index contributed by atoms with van der Waals surface area (Å²) in [7, 11) is 0. The monoisotopic (exact) mass is 266 g/mol. The molecule has 0 amide bonds. The minimum absolute atomic E-state index is 0.375. The number of fused-ring (bicyclic) bond motifs is 1. The van der Waals surface area contributed by atoms with Crippen LogP contribution < -0.4 is 0 Å². The van der Waals surface area contributed by atoms with Gasteiger partial charge in [-0.3, -0.25) is 0 Å². The van der Waals surface area contributed by atoms with Gasteiger partial charge >= 0.3 is 0 Å². The van der Waals surface area contributed by atoms with Crippen LogP contribution in [0.3, 0.4) is 0 Å². The molecule has 3 heteroatoms. The maximum absolute atomic E-state index is 4.42. The van der Waals surface area contributed by atoms with Crippen molar-refractivity contribution in [1.82, 2.24) is 9.97 Å². The molecule has 0 radical (unpaired) electrons. The van der Waals surface area contributed by atoms with E-state index in [-0.39, 0.29) is 0 Å². The topological polar surface area (TPSA) is 25.8 Å². The number of thioether (sulfide) groups is 1. The number of nitrogens with zero attached hydrogens (tertiary/aromatic N) is 2. The average Bonchev–Trinajstić information content (AvgIpc) is 2.48. The number of hydrogen-bond acceptors (Lipinski definition) is 3. The van der Waals surface area contributed by atoms with Gasteiger partial charge in [0.05, 0.1) is 5.52 Å². The molecule has 0 bridgehead atoms. The fourth-order valence-corrected chi connectivity index (χ4v) is 3.07. The molecule has 1 unspecified atom stereocenters. The van der Waals surface area contributed by atoms with E-state index in [2.05, 4.69) is 47.2 Å². The number of hydrogen-bond donors (Lipinski definition) is 0. The number of benzene rings is 2. The molecule has 0 saturated carbocycles. The van der Waals surface area contributed by atoms with E-state index in [4.69, 9.17) is 0 Å². The summed E-state index contributed by atoms with van der Waals surface area (Å²) in [5.41, 5.74) is 2.32. The van der Waals surface area contributed by atoms with Crippen LogP contribution in [0.5, 0.6) is 0 Å². The van der Waals surface area contributed by atoms with Gasteiger partial charge in [-0.1, -0.05) is 60.3 Å². The second kappa shape index (κ2) is 5.41. The molecule has 0 aliphatic carbocycles. The Hall–Kier alpha value is -1.87. The molecular formula is C16H14N2S. The first-order chi connectivity index (χ1) is 9.34. The number of para-hydroxylation sites is 1. The Morgan fingerprint density at radius 1 is 0.895 bits per heavy atom. The fourth-order valence-electron chi connectivity index (χ4n) is 2.03. The van der Waals surface area contributed by atoms with Crippen molar-refractivity contribution in [2.45, 2.75) is 17.2 Å². The van der Waals surface area contributed by atoms with Crippen LogP contribution in [0.2, 0.25) is 0 Å². The van der Waals surface area contributed by atoms with Gasteiger partial charge in [0.15, 0.2) is 0 Å². The lowest BCUT2D eigenvalue weighted by Gasteiger charge is -2.12. The first kappa shape index (κ1) is 12.2. The van der Waals surface area contributed by atoms with E-state index >= 15 is 0 Å². The Labute approximate surface area is 116 Å². The van der Waals surface area contributed by atoms with E-state index < -0.39 is 0 Å². The number of rotatable bonds is 3. The van der Waals surface area contributed by atoms with Crippen molar-refractivity contribution >= 4 is 22.7 Å². The molecule has 2 aromatic carbocycles. The molecule has 0 fully saturated rings. The highest BCUT2D eigenvalue weighted by molar-refractivity contribution is 7.99. The Bertz CT molecular complexity index is 677. The first-order valence-electron chi connectivity index (χ1n) is 6.26. The quantitative estimate of drug-likeness (QED) is 0.516. The second-order valence-electron chi connectivity index (χ2n) is 4.37. The van der Waals surface area contributed by atoms with Gasteiger partial charge in [0.2, 0.25) is 0 Å². The van der Waals surface area contributed by atoms with Crippen LogP contribution in [-0.4, -0.2) is 9.97 Å². The molecule has 94 valence electrons. The van der Waals surface area contributed by atoms with Crippen LogP contribution in [0.25, 0.3) is 10.9 Å². The zero-order chi connectivity index (χ0) is 13.1. The Kier molecular flexibility index (Phi) is 3.47. The van der Waals surface area contributed by atoms with Crippen LogP contribution in [0.1, 0.15) is 17.7 Å².